The van der Waals surface area contributed by atoms with Gasteiger partial charge >= 0.3 is 6.09 Å². The van der Waals surface area contributed by atoms with E-state index in [9.17, 15) is 4.79 Å². The van der Waals surface area contributed by atoms with E-state index in [-0.39, 0.29) is 0 Å². The van der Waals surface area contributed by atoms with Crippen LogP contribution in [-0.2, 0) is 10.5 Å². The molecule has 16 heavy (non-hydrogen) atoms. The monoisotopic (exact) mass is 239 g/mol. The number of amides is 1. The van der Waals surface area contributed by atoms with Gasteiger partial charge in [0.2, 0.25) is 0 Å². The number of rotatable bonds is 2. The van der Waals surface area contributed by atoms with Crippen molar-refractivity contribution in [2.75, 3.05) is 5.32 Å². The predicted octanol–water partition coefficient (Wildman–Crippen LogP) is 3.46. The van der Waals surface area contributed by atoms with Gasteiger partial charge in [-0.15, -0.1) is 0 Å². The van der Waals surface area contributed by atoms with Gasteiger partial charge in [-0.25, -0.2) is 4.79 Å². The van der Waals surface area contributed by atoms with Crippen LogP contribution >= 0.6 is 12.6 Å². The summed E-state index contributed by atoms with van der Waals surface area (Å²) in [6.45, 7) is 5.49. The van der Waals surface area contributed by atoms with Crippen LogP contribution in [0.4, 0.5) is 10.5 Å². The maximum atomic E-state index is 11.5. The van der Waals surface area contributed by atoms with E-state index < -0.39 is 11.7 Å². The van der Waals surface area contributed by atoms with Crippen molar-refractivity contribution in [2.45, 2.75) is 32.1 Å². The molecule has 1 rings (SSSR count). The molecule has 0 aromatic heterocycles. The zero-order valence-electron chi connectivity index (χ0n) is 9.78. The second kappa shape index (κ2) is 5.25. The first-order valence-corrected chi connectivity index (χ1v) is 5.74. The summed E-state index contributed by atoms with van der Waals surface area (Å²) in [7, 11) is 0. The highest BCUT2D eigenvalue weighted by molar-refractivity contribution is 7.79. The first kappa shape index (κ1) is 12.9. The molecule has 0 aliphatic rings. The van der Waals surface area contributed by atoms with Crippen LogP contribution in [-0.4, -0.2) is 11.7 Å². The van der Waals surface area contributed by atoms with Crippen molar-refractivity contribution in [3.05, 3.63) is 29.8 Å². The van der Waals surface area contributed by atoms with Gasteiger partial charge in [-0.2, -0.15) is 12.6 Å². The van der Waals surface area contributed by atoms with E-state index in [1.54, 1.807) is 0 Å². The maximum absolute atomic E-state index is 11.5. The summed E-state index contributed by atoms with van der Waals surface area (Å²) in [6, 6.07) is 7.51. The van der Waals surface area contributed by atoms with Crippen LogP contribution in [0.2, 0.25) is 0 Å². The molecule has 0 atom stereocenters. The van der Waals surface area contributed by atoms with Crippen molar-refractivity contribution < 1.29 is 9.53 Å². The standard InChI is InChI=1S/C12H17NO2S/c1-12(2,3)15-11(14)13-10-7-5-4-6-9(10)8-16/h4-7,16H,8H2,1-3H3,(H,13,14). The second-order valence-electron chi connectivity index (χ2n) is 4.44. The Kier molecular flexibility index (Phi) is 4.24. The molecule has 0 unspecified atom stereocenters. The largest absolute Gasteiger partial charge is 0.444 e. The number of ether oxygens (including phenoxy) is 1. The van der Waals surface area contributed by atoms with E-state index in [0.717, 1.165) is 11.3 Å². The topological polar surface area (TPSA) is 38.3 Å². The SMILES string of the molecule is CC(C)(C)OC(=O)Nc1ccccc1CS. The molecule has 0 spiro atoms. The van der Waals surface area contributed by atoms with Gasteiger partial charge < -0.3 is 4.74 Å². The molecule has 1 aromatic carbocycles. The Bertz CT molecular complexity index is 372. The van der Waals surface area contributed by atoms with E-state index in [2.05, 4.69) is 17.9 Å². The number of nitrogens with one attached hydrogen (secondary N) is 1. The van der Waals surface area contributed by atoms with E-state index in [1.165, 1.54) is 0 Å². The number of anilines is 1. The predicted molar refractivity (Wildman–Crippen MR) is 69.0 cm³/mol. The molecule has 0 bridgehead atoms. The minimum atomic E-state index is -0.486. The van der Waals surface area contributed by atoms with Gasteiger partial charge in [-0.3, -0.25) is 5.32 Å². The van der Waals surface area contributed by atoms with Crippen LogP contribution < -0.4 is 5.32 Å². The summed E-state index contributed by atoms with van der Waals surface area (Å²) >= 11 is 4.20. The Morgan fingerprint density at radius 1 is 1.38 bits per heavy atom. The second-order valence-corrected chi connectivity index (χ2v) is 4.76. The molecule has 1 amide bonds. The van der Waals surface area contributed by atoms with Crippen molar-refractivity contribution >= 4 is 24.4 Å². The fourth-order valence-corrected chi connectivity index (χ4v) is 1.47. The van der Waals surface area contributed by atoms with Crippen molar-refractivity contribution in [3.63, 3.8) is 0 Å². The third-order valence-electron chi connectivity index (χ3n) is 1.82. The van der Waals surface area contributed by atoms with Crippen molar-refractivity contribution in [1.29, 1.82) is 0 Å². The van der Waals surface area contributed by atoms with Crippen LogP contribution in [0.3, 0.4) is 0 Å². The summed E-state index contributed by atoms with van der Waals surface area (Å²) in [5.41, 5.74) is 1.23. The van der Waals surface area contributed by atoms with Crippen LogP contribution in [0, 0.1) is 0 Å². The molecule has 88 valence electrons. The number of benzene rings is 1. The number of hydrogen-bond acceptors (Lipinski definition) is 3. The smallest absolute Gasteiger partial charge is 0.412 e. The Hall–Kier alpha value is -1.16. The lowest BCUT2D eigenvalue weighted by molar-refractivity contribution is 0.0636. The summed E-state index contributed by atoms with van der Waals surface area (Å²) in [5, 5.41) is 2.71. The van der Waals surface area contributed by atoms with Gasteiger partial charge in [0.25, 0.3) is 0 Å². The van der Waals surface area contributed by atoms with Gasteiger partial charge in [0.05, 0.1) is 0 Å². The summed E-state index contributed by atoms with van der Waals surface area (Å²) < 4.78 is 5.17. The molecule has 4 heteroatoms. The van der Waals surface area contributed by atoms with Crippen LogP contribution in [0.1, 0.15) is 26.3 Å². The molecular formula is C12H17NO2S. The Morgan fingerprint density at radius 3 is 2.56 bits per heavy atom. The first-order chi connectivity index (χ1) is 7.42. The maximum Gasteiger partial charge on any atom is 0.412 e. The summed E-state index contributed by atoms with van der Waals surface area (Å²) in [4.78, 5) is 11.5. The van der Waals surface area contributed by atoms with E-state index in [4.69, 9.17) is 4.74 Å². The fourth-order valence-electron chi connectivity index (χ4n) is 1.19. The third-order valence-corrected chi connectivity index (χ3v) is 2.16. The highest BCUT2D eigenvalue weighted by Gasteiger charge is 2.16. The minimum Gasteiger partial charge on any atom is -0.444 e. The molecule has 0 aliphatic heterocycles. The van der Waals surface area contributed by atoms with Crippen molar-refractivity contribution in [2.24, 2.45) is 0 Å². The molecule has 0 saturated heterocycles. The Balaban J connectivity index is 2.70. The van der Waals surface area contributed by atoms with Gasteiger partial charge in [0.1, 0.15) is 5.60 Å². The zero-order chi connectivity index (χ0) is 12.2. The average molecular weight is 239 g/mol. The fraction of sp³-hybridized carbons (Fsp3) is 0.417. The first-order valence-electron chi connectivity index (χ1n) is 5.11. The number of thiol groups is 1. The molecular weight excluding hydrogens is 222 g/mol. The Labute approximate surface area is 102 Å². The van der Waals surface area contributed by atoms with Gasteiger partial charge in [0, 0.05) is 11.4 Å². The molecule has 3 nitrogen and oxygen atoms in total. The number of carbonyl (C=O) groups is 1. The highest BCUT2D eigenvalue weighted by atomic mass is 32.1. The van der Waals surface area contributed by atoms with Gasteiger partial charge in [0.15, 0.2) is 0 Å². The normalized spacial score (nSPS) is 11.0. The zero-order valence-corrected chi connectivity index (χ0v) is 10.7. The van der Waals surface area contributed by atoms with Crippen LogP contribution in [0.5, 0.6) is 0 Å². The Morgan fingerprint density at radius 2 is 2.00 bits per heavy atom. The lowest BCUT2D eigenvalue weighted by Crippen LogP contribution is -2.27. The quantitative estimate of drug-likeness (QED) is 0.776. The molecule has 0 radical (unpaired) electrons. The van der Waals surface area contributed by atoms with E-state index >= 15 is 0 Å². The third kappa shape index (κ3) is 4.14. The van der Waals surface area contributed by atoms with E-state index in [0.29, 0.717) is 5.75 Å². The minimum absolute atomic E-state index is 0.443. The van der Waals surface area contributed by atoms with Crippen LogP contribution in [0.25, 0.3) is 0 Å². The molecule has 0 saturated carbocycles. The van der Waals surface area contributed by atoms with Gasteiger partial charge in [-0.1, -0.05) is 18.2 Å². The number of carbonyl (C=O) groups excluding carboxylic acids is 1. The van der Waals surface area contributed by atoms with Crippen molar-refractivity contribution in [1.82, 2.24) is 0 Å². The van der Waals surface area contributed by atoms with Gasteiger partial charge in [-0.05, 0) is 32.4 Å². The molecule has 0 aliphatic carbocycles. The van der Waals surface area contributed by atoms with E-state index in [1.807, 2.05) is 45.0 Å². The highest BCUT2D eigenvalue weighted by Crippen LogP contribution is 2.18. The molecule has 0 fully saturated rings. The van der Waals surface area contributed by atoms with Crippen LogP contribution in [0.15, 0.2) is 24.3 Å². The molecule has 0 heterocycles. The van der Waals surface area contributed by atoms with Crippen molar-refractivity contribution in [3.8, 4) is 0 Å². The number of hydrogen-bond donors (Lipinski definition) is 2. The lowest BCUT2D eigenvalue weighted by atomic mass is 10.2. The molecule has 1 N–H and O–H groups in total. The lowest BCUT2D eigenvalue weighted by Gasteiger charge is -2.20. The average Bonchev–Trinajstić information content (AvgIpc) is 2.15. The summed E-state index contributed by atoms with van der Waals surface area (Å²) in [6.07, 6.45) is -0.443. The number of para-hydroxylation sites is 1. The summed E-state index contributed by atoms with van der Waals surface area (Å²) in [5.74, 6) is 0.575. The molecule has 1 aromatic rings.